The molecule has 0 spiro atoms. The first kappa shape index (κ1) is 13.4. The zero-order chi connectivity index (χ0) is 12.1. The van der Waals surface area contributed by atoms with E-state index < -0.39 is 0 Å². The summed E-state index contributed by atoms with van der Waals surface area (Å²) in [6.45, 7) is 5.62. The van der Waals surface area contributed by atoms with E-state index in [-0.39, 0.29) is 0 Å². The maximum Gasteiger partial charge on any atom is 0.0587 e. The molecule has 2 rings (SSSR count). The molecule has 1 aliphatic heterocycles. The number of hydrogen-bond acceptors (Lipinski definition) is 2. The van der Waals surface area contributed by atoms with Crippen LogP contribution in [-0.4, -0.2) is 24.8 Å². The van der Waals surface area contributed by atoms with Gasteiger partial charge in [0.25, 0.3) is 0 Å². The van der Waals surface area contributed by atoms with Crippen molar-refractivity contribution in [2.24, 2.45) is 5.92 Å². The molecule has 0 radical (unpaired) electrons. The van der Waals surface area contributed by atoms with E-state index in [4.69, 9.17) is 4.74 Å². The largest absolute Gasteiger partial charge is 0.378 e. The van der Waals surface area contributed by atoms with Crippen LogP contribution >= 0.6 is 0 Å². The van der Waals surface area contributed by atoms with Gasteiger partial charge in [0.05, 0.1) is 6.10 Å². The van der Waals surface area contributed by atoms with Crippen LogP contribution in [0.25, 0.3) is 0 Å². The van der Waals surface area contributed by atoms with Crippen molar-refractivity contribution in [2.45, 2.75) is 83.4 Å². The van der Waals surface area contributed by atoms with Crippen molar-refractivity contribution in [1.29, 1.82) is 0 Å². The van der Waals surface area contributed by atoms with E-state index in [2.05, 4.69) is 19.2 Å². The minimum Gasteiger partial charge on any atom is -0.378 e. The van der Waals surface area contributed by atoms with E-state index in [1.54, 1.807) is 0 Å². The molecule has 1 saturated carbocycles. The zero-order valence-corrected chi connectivity index (χ0v) is 11.6. The van der Waals surface area contributed by atoms with Crippen molar-refractivity contribution in [3.63, 3.8) is 0 Å². The van der Waals surface area contributed by atoms with Gasteiger partial charge in [0.2, 0.25) is 0 Å². The van der Waals surface area contributed by atoms with Crippen molar-refractivity contribution in [3.05, 3.63) is 0 Å². The Bertz CT molecular complexity index is 219. The molecular formula is C15H29NO. The van der Waals surface area contributed by atoms with Crippen LogP contribution in [0.15, 0.2) is 0 Å². The highest BCUT2D eigenvalue weighted by Crippen LogP contribution is 2.25. The van der Waals surface area contributed by atoms with Crippen molar-refractivity contribution in [2.75, 3.05) is 6.61 Å². The van der Waals surface area contributed by atoms with E-state index in [9.17, 15) is 0 Å². The average molecular weight is 239 g/mol. The van der Waals surface area contributed by atoms with Crippen molar-refractivity contribution in [1.82, 2.24) is 5.32 Å². The van der Waals surface area contributed by atoms with Crippen LogP contribution in [0.1, 0.15) is 65.2 Å². The second-order valence-corrected chi connectivity index (χ2v) is 6.01. The summed E-state index contributed by atoms with van der Waals surface area (Å²) in [5.74, 6) is 0.862. The summed E-state index contributed by atoms with van der Waals surface area (Å²) in [7, 11) is 0. The zero-order valence-electron chi connectivity index (χ0n) is 11.6. The first-order chi connectivity index (χ1) is 8.29. The highest BCUT2D eigenvalue weighted by molar-refractivity contribution is 4.83. The first-order valence-electron chi connectivity index (χ1n) is 7.67. The lowest BCUT2D eigenvalue weighted by Gasteiger charge is -2.34. The molecule has 2 heteroatoms. The minimum absolute atomic E-state index is 0.502. The maximum atomic E-state index is 5.76. The number of ether oxygens (including phenoxy) is 1. The van der Waals surface area contributed by atoms with Crippen LogP contribution in [-0.2, 0) is 4.74 Å². The predicted molar refractivity (Wildman–Crippen MR) is 72.2 cm³/mol. The molecule has 4 atom stereocenters. The van der Waals surface area contributed by atoms with Crippen molar-refractivity contribution >= 4 is 0 Å². The van der Waals surface area contributed by atoms with Crippen LogP contribution in [0.4, 0.5) is 0 Å². The second-order valence-electron chi connectivity index (χ2n) is 6.01. The molecule has 2 nitrogen and oxygen atoms in total. The topological polar surface area (TPSA) is 21.3 Å². The SMILES string of the molecule is CCC1CC(NC2CCCCCC2C)CCO1. The number of rotatable bonds is 3. The van der Waals surface area contributed by atoms with Gasteiger partial charge >= 0.3 is 0 Å². The Labute approximate surface area is 107 Å². The summed E-state index contributed by atoms with van der Waals surface area (Å²) in [5, 5.41) is 3.93. The van der Waals surface area contributed by atoms with Crippen LogP contribution in [0, 0.1) is 5.92 Å². The van der Waals surface area contributed by atoms with E-state index >= 15 is 0 Å². The second kappa shape index (κ2) is 6.75. The predicted octanol–water partition coefficient (Wildman–Crippen LogP) is 3.50. The summed E-state index contributed by atoms with van der Waals surface area (Å²) in [5.41, 5.74) is 0. The molecular weight excluding hydrogens is 210 g/mol. The molecule has 1 heterocycles. The number of hydrogen-bond donors (Lipinski definition) is 1. The number of nitrogens with one attached hydrogen (secondary N) is 1. The van der Waals surface area contributed by atoms with Crippen molar-refractivity contribution < 1.29 is 4.74 Å². The van der Waals surface area contributed by atoms with Gasteiger partial charge in [0, 0.05) is 18.7 Å². The van der Waals surface area contributed by atoms with Crippen LogP contribution in [0.5, 0.6) is 0 Å². The fourth-order valence-electron chi connectivity index (χ4n) is 3.36. The van der Waals surface area contributed by atoms with E-state index in [0.717, 1.165) is 18.6 Å². The third kappa shape index (κ3) is 3.96. The van der Waals surface area contributed by atoms with Gasteiger partial charge in [-0.05, 0) is 38.0 Å². The molecule has 2 aliphatic rings. The Hall–Kier alpha value is -0.0800. The molecule has 2 fully saturated rings. The van der Waals surface area contributed by atoms with Gasteiger partial charge in [0.15, 0.2) is 0 Å². The van der Waals surface area contributed by atoms with Gasteiger partial charge in [-0.15, -0.1) is 0 Å². The summed E-state index contributed by atoms with van der Waals surface area (Å²) >= 11 is 0. The molecule has 100 valence electrons. The quantitative estimate of drug-likeness (QED) is 0.761. The highest BCUT2D eigenvalue weighted by atomic mass is 16.5. The summed E-state index contributed by atoms with van der Waals surface area (Å²) in [6.07, 6.45) is 11.2. The van der Waals surface area contributed by atoms with Gasteiger partial charge in [-0.25, -0.2) is 0 Å². The molecule has 1 N–H and O–H groups in total. The summed E-state index contributed by atoms with van der Waals surface area (Å²) in [6, 6.07) is 1.47. The third-order valence-corrected chi connectivity index (χ3v) is 4.63. The van der Waals surface area contributed by atoms with Gasteiger partial charge in [-0.1, -0.05) is 33.1 Å². The van der Waals surface area contributed by atoms with Gasteiger partial charge < -0.3 is 10.1 Å². The molecule has 0 aromatic carbocycles. The van der Waals surface area contributed by atoms with E-state index in [1.165, 1.54) is 51.4 Å². The fraction of sp³-hybridized carbons (Fsp3) is 1.00. The first-order valence-corrected chi connectivity index (χ1v) is 7.67. The Morgan fingerprint density at radius 2 is 1.94 bits per heavy atom. The standard InChI is InChI=1S/C15H29NO/c1-3-14-11-13(9-10-17-14)16-15-8-6-4-5-7-12(15)2/h12-16H,3-11H2,1-2H3. The van der Waals surface area contributed by atoms with Gasteiger partial charge in [-0.3, -0.25) is 0 Å². The molecule has 17 heavy (non-hydrogen) atoms. The molecule has 0 amide bonds. The Balaban J connectivity index is 1.81. The molecule has 1 saturated heterocycles. The lowest BCUT2D eigenvalue weighted by molar-refractivity contribution is -0.00330. The molecule has 4 unspecified atom stereocenters. The molecule has 0 aromatic heterocycles. The fourth-order valence-corrected chi connectivity index (χ4v) is 3.36. The Morgan fingerprint density at radius 1 is 1.12 bits per heavy atom. The maximum absolute atomic E-state index is 5.76. The lowest BCUT2D eigenvalue weighted by atomic mass is 9.93. The summed E-state index contributed by atoms with van der Waals surface area (Å²) in [4.78, 5) is 0. The van der Waals surface area contributed by atoms with Crippen LogP contribution in [0.3, 0.4) is 0 Å². The van der Waals surface area contributed by atoms with Crippen LogP contribution < -0.4 is 5.32 Å². The Kier molecular flexibility index (Phi) is 5.30. The third-order valence-electron chi connectivity index (χ3n) is 4.63. The van der Waals surface area contributed by atoms with E-state index in [1.807, 2.05) is 0 Å². The minimum atomic E-state index is 0.502. The molecule has 0 bridgehead atoms. The van der Waals surface area contributed by atoms with Crippen LogP contribution in [0.2, 0.25) is 0 Å². The summed E-state index contributed by atoms with van der Waals surface area (Å²) < 4.78 is 5.76. The molecule has 1 aliphatic carbocycles. The Morgan fingerprint density at radius 3 is 2.76 bits per heavy atom. The lowest BCUT2D eigenvalue weighted by Crippen LogP contribution is -2.46. The monoisotopic (exact) mass is 239 g/mol. The smallest absolute Gasteiger partial charge is 0.0587 e. The van der Waals surface area contributed by atoms with Crippen molar-refractivity contribution in [3.8, 4) is 0 Å². The average Bonchev–Trinajstić information content (AvgIpc) is 2.55. The van der Waals surface area contributed by atoms with E-state index in [0.29, 0.717) is 12.1 Å². The van der Waals surface area contributed by atoms with Gasteiger partial charge in [0.1, 0.15) is 0 Å². The highest BCUT2D eigenvalue weighted by Gasteiger charge is 2.26. The molecule has 0 aromatic rings. The van der Waals surface area contributed by atoms with Gasteiger partial charge in [-0.2, -0.15) is 0 Å². The normalized spacial score (nSPS) is 39.9.